The number of hydrogen-bond donors (Lipinski definition) is 2. The minimum Gasteiger partial charge on any atom is -0.490 e. The molecule has 1 amide bonds. The van der Waals surface area contributed by atoms with Crippen molar-refractivity contribution in [1.82, 2.24) is 5.32 Å². The van der Waals surface area contributed by atoms with Crippen molar-refractivity contribution >= 4 is 18.5 Å². The van der Waals surface area contributed by atoms with Gasteiger partial charge in [-0.05, 0) is 59.8 Å². The molecule has 1 atom stereocenters. The van der Waals surface area contributed by atoms with Gasteiger partial charge in [-0.25, -0.2) is 0 Å². The molecule has 0 bridgehead atoms. The van der Waals surface area contributed by atoms with Crippen molar-refractivity contribution in [1.29, 1.82) is 5.26 Å². The molecule has 11 heteroatoms. The van der Waals surface area contributed by atoms with E-state index >= 15 is 0 Å². The van der Waals surface area contributed by atoms with Crippen LogP contribution in [0.15, 0.2) is 36.4 Å². The lowest BCUT2D eigenvalue weighted by atomic mass is 9.73. The average molecular weight is 462 g/mol. The van der Waals surface area contributed by atoms with E-state index < -0.39 is 30.7 Å². The molecule has 0 aliphatic carbocycles. The summed E-state index contributed by atoms with van der Waals surface area (Å²) in [5.74, 6) is -0.679. The number of hydrogen-bond acceptors (Lipinski definition) is 6. The van der Waals surface area contributed by atoms with Crippen LogP contribution in [0.4, 0.5) is 13.2 Å². The minimum atomic E-state index is -4.84. The number of alkyl halides is 3. The maximum atomic E-state index is 12.6. The van der Waals surface area contributed by atoms with Crippen LogP contribution in [0.2, 0.25) is 0 Å². The second-order valence-corrected chi connectivity index (χ2v) is 8.13. The maximum Gasteiger partial charge on any atom is 0.573 e. The molecule has 33 heavy (non-hydrogen) atoms. The second-order valence-electron chi connectivity index (χ2n) is 8.13. The number of nitrogens with one attached hydrogen (secondary N) is 1. The third-order valence-electron chi connectivity index (χ3n) is 5.06. The van der Waals surface area contributed by atoms with E-state index in [0.29, 0.717) is 11.2 Å². The maximum absolute atomic E-state index is 12.6. The molecule has 174 valence electrons. The van der Waals surface area contributed by atoms with E-state index in [1.54, 1.807) is 12.1 Å². The van der Waals surface area contributed by atoms with Gasteiger partial charge in [-0.1, -0.05) is 19.9 Å². The predicted molar refractivity (Wildman–Crippen MR) is 113 cm³/mol. The van der Waals surface area contributed by atoms with Gasteiger partial charge >= 0.3 is 13.5 Å². The van der Waals surface area contributed by atoms with E-state index in [-0.39, 0.29) is 24.7 Å². The van der Waals surface area contributed by atoms with Crippen molar-refractivity contribution < 1.29 is 37.1 Å². The monoisotopic (exact) mass is 462 g/mol. The third-order valence-corrected chi connectivity index (χ3v) is 5.06. The number of nitriles is 1. The normalized spacial score (nSPS) is 14.9. The van der Waals surface area contributed by atoms with Crippen LogP contribution in [0.3, 0.4) is 0 Å². The van der Waals surface area contributed by atoms with Gasteiger partial charge in [0.1, 0.15) is 18.1 Å². The molecule has 7 nitrogen and oxygen atoms in total. The van der Waals surface area contributed by atoms with Crippen LogP contribution in [0.25, 0.3) is 0 Å². The topological polar surface area (TPSA) is 101 Å². The number of halogens is 3. The van der Waals surface area contributed by atoms with Gasteiger partial charge in [0.05, 0.1) is 12.7 Å². The largest absolute Gasteiger partial charge is 0.573 e. The highest BCUT2D eigenvalue weighted by atomic mass is 19.4. The fourth-order valence-electron chi connectivity index (χ4n) is 3.50. The van der Waals surface area contributed by atoms with E-state index in [2.05, 4.69) is 10.1 Å². The van der Waals surface area contributed by atoms with Crippen LogP contribution < -0.4 is 20.3 Å². The number of amides is 1. The van der Waals surface area contributed by atoms with E-state index in [0.717, 1.165) is 35.4 Å². The third kappa shape index (κ3) is 5.77. The molecule has 0 saturated heterocycles. The fraction of sp³-hybridized carbons (Fsp3) is 0.364. The minimum absolute atomic E-state index is 0.00772. The lowest BCUT2D eigenvalue weighted by molar-refractivity contribution is -0.274. The fourth-order valence-corrected chi connectivity index (χ4v) is 3.50. The van der Waals surface area contributed by atoms with Gasteiger partial charge in [-0.3, -0.25) is 4.79 Å². The molecule has 2 aromatic carbocycles. The number of carbonyl (C=O) groups is 1. The first-order valence-corrected chi connectivity index (χ1v) is 10.1. The van der Waals surface area contributed by atoms with Crippen molar-refractivity contribution in [2.45, 2.75) is 45.2 Å². The Morgan fingerprint density at radius 1 is 1.27 bits per heavy atom. The summed E-state index contributed by atoms with van der Waals surface area (Å²) < 4.78 is 51.8. The zero-order valence-electron chi connectivity index (χ0n) is 18.2. The van der Waals surface area contributed by atoms with Crippen molar-refractivity contribution in [2.24, 2.45) is 0 Å². The van der Waals surface area contributed by atoms with Gasteiger partial charge < -0.3 is 24.5 Å². The first kappa shape index (κ1) is 24.4. The average Bonchev–Trinajstić information content (AvgIpc) is 3.12. The summed E-state index contributed by atoms with van der Waals surface area (Å²) in [5, 5.41) is 22.4. The van der Waals surface area contributed by atoms with Crippen LogP contribution in [-0.2, 0) is 11.3 Å². The predicted octanol–water partition coefficient (Wildman–Crippen LogP) is 3.02. The molecular formula is C22H22BF3N2O5. The molecule has 3 rings (SSSR count). The molecule has 2 aromatic rings. The number of fused-ring (bicyclic) bond motifs is 1. The Kier molecular flexibility index (Phi) is 6.90. The highest BCUT2D eigenvalue weighted by molar-refractivity contribution is 6.62. The van der Waals surface area contributed by atoms with Gasteiger partial charge in [0.2, 0.25) is 0 Å². The Morgan fingerprint density at radius 3 is 2.52 bits per heavy atom. The number of carbonyl (C=O) groups excluding carboxylic acids is 1. The summed E-state index contributed by atoms with van der Waals surface area (Å²) >= 11 is 0. The first-order chi connectivity index (χ1) is 15.4. The SMILES string of the molecule is CC(C)c1c(OC[C@](C)(C#N)NC(=O)c2ccc(OC(F)(F)F)cc2)ccc2c1B(O)OC2. The molecule has 0 fully saturated rings. The van der Waals surface area contributed by atoms with Crippen molar-refractivity contribution in [2.75, 3.05) is 6.61 Å². The zero-order valence-corrected chi connectivity index (χ0v) is 18.2. The van der Waals surface area contributed by atoms with Crippen LogP contribution in [0.1, 0.15) is 48.2 Å². The Morgan fingerprint density at radius 2 is 1.94 bits per heavy atom. The summed E-state index contributed by atoms with van der Waals surface area (Å²) in [4.78, 5) is 12.6. The molecule has 1 aliphatic heterocycles. The Labute approximate surface area is 189 Å². The Hall–Kier alpha value is -3.23. The standard InChI is InChI=1S/C22H22BF3N2O5/c1-13(2)18-17(9-6-15-10-32-23(30)19(15)18)31-12-21(3,11-27)28-20(29)14-4-7-16(8-5-14)33-22(24,25)26/h4-9,13,30H,10,12H2,1-3H3,(H,28,29)/t21-/m0/s1. The molecular weight excluding hydrogens is 440 g/mol. The van der Waals surface area contributed by atoms with Gasteiger partial charge in [-0.15, -0.1) is 13.2 Å². The van der Waals surface area contributed by atoms with Crippen LogP contribution in [0, 0.1) is 11.3 Å². The molecule has 0 aromatic heterocycles. The zero-order chi connectivity index (χ0) is 24.4. The highest BCUT2D eigenvalue weighted by Crippen LogP contribution is 2.30. The lowest BCUT2D eigenvalue weighted by Gasteiger charge is -2.25. The van der Waals surface area contributed by atoms with Gasteiger partial charge in [0.25, 0.3) is 5.91 Å². The van der Waals surface area contributed by atoms with Crippen molar-refractivity contribution in [3.8, 4) is 17.6 Å². The first-order valence-electron chi connectivity index (χ1n) is 10.1. The molecule has 2 N–H and O–H groups in total. The number of nitrogens with zero attached hydrogens (tertiary/aromatic N) is 1. The van der Waals surface area contributed by atoms with Gasteiger partial charge in [0, 0.05) is 5.56 Å². The number of benzene rings is 2. The Bertz CT molecular complexity index is 1070. The van der Waals surface area contributed by atoms with Crippen molar-refractivity contribution in [3.05, 3.63) is 53.1 Å². The molecule has 0 radical (unpaired) electrons. The van der Waals surface area contributed by atoms with Crippen LogP contribution in [-0.4, -0.2) is 36.6 Å². The summed E-state index contributed by atoms with van der Waals surface area (Å²) in [6.07, 6.45) is -4.84. The molecule has 1 heterocycles. The number of rotatable bonds is 7. The van der Waals surface area contributed by atoms with E-state index in [9.17, 15) is 28.3 Å². The molecule has 0 saturated carbocycles. The summed E-state index contributed by atoms with van der Waals surface area (Å²) in [6.45, 7) is 5.41. The molecule has 0 unspecified atom stereocenters. The Balaban J connectivity index is 1.73. The quantitative estimate of drug-likeness (QED) is 0.614. The van der Waals surface area contributed by atoms with E-state index in [1.807, 2.05) is 19.9 Å². The van der Waals surface area contributed by atoms with E-state index in [1.165, 1.54) is 6.92 Å². The van der Waals surface area contributed by atoms with E-state index in [4.69, 9.17) is 9.39 Å². The smallest absolute Gasteiger partial charge is 0.490 e. The lowest BCUT2D eigenvalue weighted by Crippen LogP contribution is -2.49. The summed E-state index contributed by atoms with van der Waals surface area (Å²) in [6, 6.07) is 9.85. The summed E-state index contributed by atoms with van der Waals surface area (Å²) in [5.41, 5.74) is 0.857. The van der Waals surface area contributed by atoms with Crippen LogP contribution >= 0.6 is 0 Å². The molecule has 0 spiro atoms. The van der Waals surface area contributed by atoms with Crippen molar-refractivity contribution in [3.63, 3.8) is 0 Å². The molecule has 1 aliphatic rings. The highest BCUT2D eigenvalue weighted by Gasteiger charge is 2.34. The van der Waals surface area contributed by atoms with Crippen LogP contribution in [0.5, 0.6) is 11.5 Å². The van der Waals surface area contributed by atoms with Gasteiger partial charge in [-0.2, -0.15) is 5.26 Å². The summed E-state index contributed by atoms with van der Waals surface area (Å²) in [7, 11) is -1.06. The van der Waals surface area contributed by atoms with Gasteiger partial charge in [0.15, 0.2) is 5.54 Å². The second kappa shape index (κ2) is 9.33. The number of ether oxygens (including phenoxy) is 2.